The van der Waals surface area contributed by atoms with Gasteiger partial charge in [0.2, 0.25) is 5.95 Å². The Labute approximate surface area is 98.6 Å². The molecule has 17 heavy (non-hydrogen) atoms. The van der Waals surface area contributed by atoms with Crippen LogP contribution in [0.5, 0.6) is 5.75 Å². The molecule has 1 aromatic carbocycles. The van der Waals surface area contributed by atoms with Gasteiger partial charge in [0.15, 0.2) is 0 Å². The summed E-state index contributed by atoms with van der Waals surface area (Å²) in [6.45, 7) is 1.63. The zero-order valence-electron chi connectivity index (χ0n) is 9.50. The summed E-state index contributed by atoms with van der Waals surface area (Å²) >= 11 is 0. The predicted octanol–water partition coefficient (Wildman–Crippen LogP) is 0.891. The van der Waals surface area contributed by atoms with Gasteiger partial charge >= 0.3 is 0 Å². The third-order valence-electron chi connectivity index (χ3n) is 3.00. The van der Waals surface area contributed by atoms with Crippen molar-refractivity contribution in [3.05, 3.63) is 29.8 Å². The molecule has 2 heterocycles. The molecule has 0 aliphatic carbocycles. The van der Waals surface area contributed by atoms with Crippen molar-refractivity contribution in [2.24, 2.45) is 0 Å². The first-order chi connectivity index (χ1) is 8.36. The molecule has 1 N–H and O–H groups in total. The van der Waals surface area contributed by atoms with E-state index in [1.54, 1.807) is 11.8 Å². The van der Waals surface area contributed by atoms with Crippen molar-refractivity contribution in [3.63, 3.8) is 0 Å². The molecule has 1 aliphatic heterocycles. The Balaban J connectivity index is 1.86. The van der Waals surface area contributed by atoms with Crippen LogP contribution in [-0.4, -0.2) is 33.9 Å². The molecule has 88 valence electrons. The SMILES string of the molecule is COc1cccc(C2CNc3nnnn3C2)c1. The van der Waals surface area contributed by atoms with Crippen LogP contribution < -0.4 is 10.1 Å². The van der Waals surface area contributed by atoms with E-state index in [1.807, 2.05) is 12.1 Å². The molecule has 6 nitrogen and oxygen atoms in total. The highest BCUT2D eigenvalue weighted by Crippen LogP contribution is 2.25. The highest BCUT2D eigenvalue weighted by Gasteiger charge is 2.21. The summed E-state index contributed by atoms with van der Waals surface area (Å²) in [5, 5.41) is 14.7. The lowest BCUT2D eigenvalue weighted by molar-refractivity contribution is 0.412. The Morgan fingerprint density at radius 1 is 1.47 bits per heavy atom. The molecular weight excluding hydrogens is 218 g/mol. The van der Waals surface area contributed by atoms with E-state index in [2.05, 4.69) is 33.0 Å². The van der Waals surface area contributed by atoms with Gasteiger partial charge in [-0.3, -0.25) is 0 Å². The maximum atomic E-state index is 5.23. The highest BCUT2D eigenvalue weighted by molar-refractivity contribution is 5.34. The van der Waals surface area contributed by atoms with Gasteiger partial charge in [0, 0.05) is 12.5 Å². The average molecular weight is 231 g/mol. The van der Waals surface area contributed by atoms with Crippen molar-refractivity contribution in [2.45, 2.75) is 12.5 Å². The second-order valence-electron chi connectivity index (χ2n) is 4.04. The fraction of sp³-hybridized carbons (Fsp3) is 0.364. The van der Waals surface area contributed by atoms with E-state index in [-0.39, 0.29) is 0 Å². The lowest BCUT2D eigenvalue weighted by atomic mass is 9.98. The summed E-state index contributed by atoms with van der Waals surface area (Å²) in [5.74, 6) is 1.98. The molecule has 0 saturated heterocycles. The molecule has 0 radical (unpaired) electrons. The number of tetrazole rings is 1. The molecule has 0 bridgehead atoms. The van der Waals surface area contributed by atoms with E-state index in [0.717, 1.165) is 24.8 Å². The van der Waals surface area contributed by atoms with Crippen LogP contribution in [-0.2, 0) is 6.54 Å². The number of fused-ring (bicyclic) bond motifs is 1. The zero-order chi connectivity index (χ0) is 11.7. The summed E-state index contributed by atoms with van der Waals surface area (Å²) in [6.07, 6.45) is 0. The molecular formula is C11H13N5O. The first-order valence-corrected chi connectivity index (χ1v) is 5.51. The number of benzene rings is 1. The molecule has 1 atom stereocenters. The highest BCUT2D eigenvalue weighted by atomic mass is 16.5. The van der Waals surface area contributed by atoms with Crippen LogP contribution >= 0.6 is 0 Å². The normalized spacial score (nSPS) is 18.3. The lowest BCUT2D eigenvalue weighted by Crippen LogP contribution is -2.26. The molecule has 3 rings (SSSR count). The van der Waals surface area contributed by atoms with E-state index in [1.165, 1.54) is 5.56 Å². The second kappa shape index (κ2) is 4.04. The minimum absolute atomic E-state index is 0.362. The predicted molar refractivity (Wildman–Crippen MR) is 62.0 cm³/mol. The van der Waals surface area contributed by atoms with Crippen LogP contribution in [0.1, 0.15) is 11.5 Å². The van der Waals surface area contributed by atoms with Crippen LogP contribution in [0.3, 0.4) is 0 Å². The Kier molecular flexibility index (Phi) is 2.40. The molecule has 0 fully saturated rings. The molecule has 1 aliphatic rings. The number of aromatic nitrogens is 4. The third-order valence-corrected chi connectivity index (χ3v) is 3.00. The molecule has 1 unspecified atom stereocenters. The van der Waals surface area contributed by atoms with Gasteiger partial charge in [-0.15, -0.1) is 0 Å². The Bertz CT molecular complexity index is 524. The summed E-state index contributed by atoms with van der Waals surface area (Å²) in [4.78, 5) is 0. The summed E-state index contributed by atoms with van der Waals surface area (Å²) < 4.78 is 7.02. The van der Waals surface area contributed by atoms with E-state index in [4.69, 9.17) is 4.74 Å². The van der Waals surface area contributed by atoms with Crippen molar-refractivity contribution in [2.75, 3.05) is 19.0 Å². The molecule has 1 aromatic heterocycles. The van der Waals surface area contributed by atoms with Gasteiger partial charge in [-0.25, -0.2) is 4.68 Å². The average Bonchev–Trinajstić information content (AvgIpc) is 2.86. The van der Waals surface area contributed by atoms with Gasteiger partial charge in [-0.2, -0.15) is 0 Å². The molecule has 6 heteroatoms. The number of anilines is 1. The minimum Gasteiger partial charge on any atom is -0.497 e. The smallest absolute Gasteiger partial charge is 0.242 e. The molecule has 0 saturated carbocycles. The van der Waals surface area contributed by atoms with Gasteiger partial charge in [0.05, 0.1) is 13.7 Å². The monoisotopic (exact) mass is 231 g/mol. The van der Waals surface area contributed by atoms with Crippen molar-refractivity contribution in [3.8, 4) is 5.75 Å². The van der Waals surface area contributed by atoms with Crippen LogP contribution in [0, 0.1) is 0 Å². The maximum absolute atomic E-state index is 5.23. The Hall–Kier alpha value is -2.11. The van der Waals surface area contributed by atoms with E-state index >= 15 is 0 Å². The van der Waals surface area contributed by atoms with E-state index < -0.39 is 0 Å². The second-order valence-corrected chi connectivity index (χ2v) is 4.04. The van der Waals surface area contributed by atoms with E-state index in [9.17, 15) is 0 Å². The number of hydrogen-bond donors (Lipinski definition) is 1. The standard InChI is InChI=1S/C11H13N5O/c1-17-10-4-2-3-8(5-10)9-6-12-11-13-14-15-16(11)7-9/h2-5,9H,6-7H2,1H3,(H,12,13,15). The molecule has 2 aromatic rings. The van der Waals surface area contributed by atoms with E-state index in [0.29, 0.717) is 5.92 Å². The number of ether oxygens (including phenoxy) is 1. The summed E-state index contributed by atoms with van der Waals surface area (Å²) in [5.41, 5.74) is 1.23. The molecule has 0 amide bonds. The number of methoxy groups -OCH3 is 1. The third kappa shape index (κ3) is 1.82. The Morgan fingerprint density at radius 2 is 2.41 bits per heavy atom. The van der Waals surface area contributed by atoms with Gasteiger partial charge in [-0.1, -0.05) is 17.2 Å². The van der Waals surface area contributed by atoms with Crippen LogP contribution in [0.2, 0.25) is 0 Å². The quantitative estimate of drug-likeness (QED) is 0.831. The minimum atomic E-state index is 0.362. The Morgan fingerprint density at radius 3 is 3.29 bits per heavy atom. The number of rotatable bonds is 2. The number of hydrogen-bond acceptors (Lipinski definition) is 5. The fourth-order valence-electron chi connectivity index (χ4n) is 2.06. The zero-order valence-corrected chi connectivity index (χ0v) is 9.50. The van der Waals surface area contributed by atoms with Crippen molar-refractivity contribution < 1.29 is 4.74 Å². The number of nitrogens with one attached hydrogen (secondary N) is 1. The fourth-order valence-corrected chi connectivity index (χ4v) is 2.06. The first kappa shape index (κ1) is 10.1. The van der Waals surface area contributed by atoms with Crippen molar-refractivity contribution >= 4 is 5.95 Å². The van der Waals surface area contributed by atoms with Gasteiger partial charge in [-0.05, 0) is 28.1 Å². The summed E-state index contributed by atoms with van der Waals surface area (Å²) in [6, 6.07) is 8.11. The maximum Gasteiger partial charge on any atom is 0.242 e. The van der Waals surface area contributed by atoms with Crippen LogP contribution in [0.15, 0.2) is 24.3 Å². The van der Waals surface area contributed by atoms with Crippen LogP contribution in [0.4, 0.5) is 5.95 Å². The van der Waals surface area contributed by atoms with Crippen molar-refractivity contribution in [1.29, 1.82) is 0 Å². The topological polar surface area (TPSA) is 64.9 Å². The van der Waals surface area contributed by atoms with Crippen LogP contribution in [0.25, 0.3) is 0 Å². The lowest BCUT2D eigenvalue weighted by Gasteiger charge is -2.23. The van der Waals surface area contributed by atoms with Crippen molar-refractivity contribution in [1.82, 2.24) is 20.2 Å². The summed E-state index contributed by atoms with van der Waals surface area (Å²) in [7, 11) is 1.68. The van der Waals surface area contributed by atoms with Gasteiger partial charge in [0.25, 0.3) is 0 Å². The largest absolute Gasteiger partial charge is 0.497 e. The van der Waals surface area contributed by atoms with Gasteiger partial charge in [0.1, 0.15) is 5.75 Å². The molecule has 0 spiro atoms. The van der Waals surface area contributed by atoms with Gasteiger partial charge < -0.3 is 10.1 Å². The number of nitrogens with zero attached hydrogens (tertiary/aromatic N) is 4. The first-order valence-electron chi connectivity index (χ1n) is 5.51.